The van der Waals surface area contributed by atoms with Crippen LogP contribution in [0, 0.1) is 0 Å². The first-order valence-corrected chi connectivity index (χ1v) is 18.9. The van der Waals surface area contributed by atoms with Crippen LogP contribution < -0.4 is 25.7 Å². The first-order chi connectivity index (χ1) is 25.6. The number of hydrogen-bond donors (Lipinski definition) is 4. The van der Waals surface area contributed by atoms with E-state index in [4.69, 9.17) is 40.0 Å². The number of ether oxygens (including phenoxy) is 4. The normalized spacial score (nSPS) is 12.7. The summed E-state index contributed by atoms with van der Waals surface area (Å²) >= 11 is 0. The number of rotatable bonds is 24. The second kappa shape index (κ2) is 21.7. The van der Waals surface area contributed by atoms with Gasteiger partial charge in [0.05, 0.1) is 26.4 Å². The number of esters is 1. The predicted octanol–water partition coefficient (Wildman–Crippen LogP) is 6.64. The molecule has 0 aromatic heterocycles. The lowest BCUT2D eigenvalue weighted by molar-refractivity contribution is -0.143. The Labute approximate surface area is 309 Å². The standard InChI is InChI=1S/C39H47N2O11P/c40-22-4-1-5-23-47-33-17-12-30(13-18-33)31-14-19-34(20-15-31)52-35-10-6-8-29(26-35)27-49-37-11-3-2-9-32(37)16-21-38(42)48-24-7-25-50-53(45,46)51-28-36(41)39(43)44/h2-3,6,8-15,17-20,26,36H,1,4-5,7,16,21-25,27-28,40-41H2,(H,43,44)(H,45,46)/t36-/m0/s1. The Kier molecular flexibility index (Phi) is 16.8. The smallest absolute Gasteiger partial charge is 0.472 e. The first kappa shape index (κ1) is 41.0. The molecule has 0 bridgehead atoms. The average Bonchev–Trinajstić information content (AvgIpc) is 3.16. The molecule has 14 heteroatoms. The van der Waals surface area contributed by atoms with E-state index < -0.39 is 32.4 Å². The van der Waals surface area contributed by atoms with Crippen LogP contribution in [0.15, 0.2) is 97.1 Å². The molecular formula is C39H47N2O11P. The van der Waals surface area contributed by atoms with Gasteiger partial charge in [-0.1, -0.05) is 54.6 Å². The minimum Gasteiger partial charge on any atom is -0.494 e. The van der Waals surface area contributed by atoms with Crippen molar-refractivity contribution in [1.82, 2.24) is 0 Å². The first-order valence-electron chi connectivity index (χ1n) is 17.4. The maximum Gasteiger partial charge on any atom is 0.472 e. The molecule has 13 nitrogen and oxygen atoms in total. The molecule has 0 aliphatic rings. The quantitative estimate of drug-likeness (QED) is 0.0338. The van der Waals surface area contributed by atoms with Gasteiger partial charge in [-0.2, -0.15) is 0 Å². The van der Waals surface area contributed by atoms with Crippen LogP contribution in [0.5, 0.6) is 23.0 Å². The van der Waals surface area contributed by atoms with E-state index in [0.29, 0.717) is 36.8 Å². The number of para-hydroxylation sites is 1. The Morgan fingerprint density at radius 2 is 1.45 bits per heavy atom. The van der Waals surface area contributed by atoms with Crippen LogP contribution in [0.2, 0.25) is 0 Å². The van der Waals surface area contributed by atoms with Gasteiger partial charge in [-0.3, -0.25) is 18.6 Å². The van der Waals surface area contributed by atoms with Gasteiger partial charge in [0.1, 0.15) is 35.6 Å². The average molecular weight is 751 g/mol. The number of carbonyl (C=O) groups excluding carboxylic acids is 1. The molecule has 4 rings (SSSR count). The topological polar surface area (TPSA) is 199 Å². The van der Waals surface area contributed by atoms with Gasteiger partial charge in [0.2, 0.25) is 0 Å². The highest BCUT2D eigenvalue weighted by Gasteiger charge is 2.24. The minimum atomic E-state index is -4.48. The van der Waals surface area contributed by atoms with Crippen LogP contribution in [-0.4, -0.2) is 61.0 Å². The van der Waals surface area contributed by atoms with Crippen molar-refractivity contribution in [2.75, 3.05) is 33.0 Å². The fourth-order valence-corrected chi connectivity index (χ4v) is 5.72. The minimum absolute atomic E-state index is 0.0470. The van der Waals surface area contributed by atoms with Gasteiger partial charge in [0.15, 0.2) is 0 Å². The third-order valence-electron chi connectivity index (χ3n) is 7.80. The Hall–Kier alpha value is -4.75. The monoisotopic (exact) mass is 750 g/mol. The lowest BCUT2D eigenvalue weighted by Crippen LogP contribution is -2.34. The number of phosphoric acid groups is 1. The predicted molar refractivity (Wildman–Crippen MR) is 199 cm³/mol. The van der Waals surface area contributed by atoms with E-state index >= 15 is 0 Å². The maximum atomic E-state index is 12.3. The molecule has 0 aliphatic carbocycles. The summed E-state index contributed by atoms with van der Waals surface area (Å²) in [5, 5.41) is 8.71. The van der Waals surface area contributed by atoms with Gasteiger partial charge < -0.3 is 40.4 Å². The van der Waals surface area contributed by atoms with Crippen molar-refractivity contribution in [2.45, 2.75) is 51.2 Å². The molecule has 0 saturated heterocycles. The highest BCUT2D eigenvalue weighted by atomic mass is 31.2. The van der Waals surface area contributed by atoms with E-state index in [-0.39, 0.29) is 32.7 Å². The number of hydrogen-bond acceptors (Lipinski definition) is 11. The molecule has 0 fully saturated rings. The Bertz CT molecular complexity index is 1770. The fraction of sp³-hybridized carbons (Fsp3) is 0.333. The number of unbranched alkanes of at least 4 members (excludes halogenated alkanes) is 2. The molecule has 0 radical (unpaired) electrons. The van der Waals surface area contributed by atoms with Crippen LogP contribution in [0.1, 0.15) is 43.2 Å². The molecule has 0 amide bonds. The van der Waals surface area contributed by atoms with Gasteiger partial charge in [-0.05, 0) is 96.9 Å². The van der Waals surface area contributed by atoms with Crippen molar-refractivity contribution in [3.05, 3.63) is 108 Å². The number of nitrogens with two attached hydrogens (primary N) is 2. The Morgan fingerprint density at radius 1 is 0.736 bits per heavy atom. The molecule has 284 valence electrons. The fourth-order valence-electron chi connectivity index (χ4n) is 4.94. The molecule has 6 N–H and O–H groups in total. The van der Waals surface area contributed by atoms with Gasteiger partial charge in [0.25, 0.3) is 0 Å². The van der Waals surface area contributed by atoms with Crippen LogP contribution in [0.3, 0.4) is 0 Å². The van der Waals surface area contributed by atoms with Gasteiger partial charge >= 0.3 is 19.8 Å². The summed E-state index contributed by atoms with van der Waals surface area (Å²) in [5.41, 5.74) is 14.7. The number of aryl methyl sites for hydroxylation is 1. The van der Waals surface area contributed by atoms with E-state index in [1.165, 1.54) is 0 Å². The van der Waals surface area contributed by atoms with Gasteiger partial charge in [0, 0.05) is 12.8 Å². The second-order valence-electron chi connectivity index (χ2n) is 12.0. The molecule has 2 atom stereocenters. The highest BCUT2D eigenvalue weighted by molar-refractivity contribution is 7.47. The second-order valence-corrected chi connectivity index (χ2v) is 13.5. The van der Waals surface area contributed by atoms with E-state index in [1.807, 2.05) is 97.1 Å². The molecule has 0 saturated carbocycles. The van der Waals surface area contributed by atoms with Crippen molar-refractivity contribution in [3.8, 4) is 34.1 Å². The van der Waals surface area contributed by atoms with Crippen molar-refractivity contribution in [3.63, 3.8) is 0 Å². The number of carbonyl (C=O) groups is 2. The Morgan fingerprint density at radius 3 is 2.17 bits per heavy atom. The summed E-state index contributed by atoms with van der Waals surface area (Å²) in [4.78, 5) is 32.6. The van der Waals surface area contributed by atoms with E-state index in [0.717, 1.165) is 47.3 Å². The van der Waals surface area contributed by atoms with Gasteiger partial charge in [-0.15, -0.1) is 0 Å². The van der Waals surface area contributed by atoms with E-state index in [1.54, 1.807) is 0 Å². The molecule has 53 heavy (non-hydrogen) atoms. The number of benzene rings is 4. The zero-order chi connectivity index (χ0) is 37.9. The molecule has 0 aliphatic heterocycles. The zero-order valence-corrected chi connectivity index (χ0v) is 30.4. The van der Waals surface area contributed by atoms with Crippen LogP contribution >= 0.6 is 7.82 Å². The Balaban J connectivity index is 1.18. The molecule has 4 aromatic carbocycles. The van der Waals surface area contributed by atoms with Gasteiger partial charge in [-0.25, -0.2) is 4.57 Å². The largest absolute Gasteiger partial charge is 0.494 e. The summed E-state index contributed by atoms with van der Waals surface area (Å²) in [6.45, 7) is 0.691. The maximum absolute atomic E-state index is 12.3. The van der Waals surface area contributed by atoms with E-state index in [9.17, 15) is 19.0 Å². The SMILES string of the molecule is NCCCCCOc1ccc(-c2ccc(Oc3cccc(COc4ccccc4CCC(=O)OCCCOP(=O)(O)OC[C@H](N)C(=O)O)c3)cc2)cc1. The molecule has 1 unspecified atom stereocenters. The molecule has 4 aromatic rings. The highest BCUT2D eigenvalue weighted by Crippen LogP contribution is 2.43. The number of phosphoric ester groups is 1. The van der Waals surface area contributed by atoms with Crippen molar-refractivity contribution in [2.24, 2.45) is 11.5 Å². The van der Waals surface area contributed by atoms with Crippen molar-refractivity contribution >= 4 is 19.8 Å². The molecule has 0 spiro atoms. The van der Waals surface area contributed by atoms with Crippen LogP contribution in [0.4, 0.5) is 0 Å². The van der Waals surface area contributed by atoms with Crippen LogP contribution in [0.25, 0.3) is 11.1 Å². The summed E-state index contributed by atoms with van der Waals surface area (Å²) in [6, 6.07) is 29.6. The number of carboxylic acid groups (broad SMARTS) is 1. The lowest BCUT2D eigenvalue weighted by Gasteiger charge is -2.14. The molecule has 0 heterocycles. The lowest BCUT2D eigenvalue weighted by atomic mass is 10.1. The number of carboxylic acids is 1. The van der Waals surface area contributed by atoms with Crippen molar-refractivity contribution < 1.29 is 52.1 Å². The molecular weight excluding hydrogens is 703 g/mol. The van der Waals surface area contributed by atoms with E-state index in [2.05, 4.69) is 4.52 Å². The summed E-state index contributed by atoms with van der Waals surface area (Å²) in [7, 11) is -4.48. The third-order valence-corrected chi connectivity index (χ3v) is 8.78. The number of aliphatic carboxylic acids is 1. The third kappa shape index (κ3) is 15.0. The van der Waals surface area contributed by atoms with Crippen LogP contribution in [-0.2, 0) is 41.0 Å². The summed E-state index contributed by atoms with van der Waals surface area (Å²) in [5.74, 6) is 1.03. The summed E-state index contributed by atoms with van der Waals surface area (Å²) in [6.07, 6.45) is 3.67. The van der Waals surface area contributed by atoms with Crippen molar-refractivity contribution in [1.29, 1.82) is 0 Å². The zero-order valence-electron chi connectivity index (χ0n) is 29.5. The summed E-state index contributed by atoms with van der Waals surface area (Å²) < 4.78 is 44.4.